The van der Waals surface area contributed by atoms with Crippen LogP contribution in [0, 0.1) is 17.7 Å². The number of fused-ring (bicyclic) bond motifs is 1. The van der Waals surface area contributed by atoms with Crippen molar-refractivity contribution in [2.24, 2.45) is 11.8 Å². The molecule has 4 aliphatic rings. The molecule has 4 fully saturated rings. The normalized spacial score (nSPS) is 18.3. The molecule has 73 heavy (non-hydrogen) atoms. The maximum atomic E-state index is 15.1. The van der Waals surface area contributed by atoms with Crippen LogP contribution in [0.15, 0.2) is 83.8 Å². The first kappa shape index (κ1) is 51.0. The minimum Gasteiger partial charge on any atom is -0.345 e. The molecular weight excluding hydrogens is 930 g/mol. The number of benzene rings is 3. The number of likely N-dealkylation sites (tertiary alicyclic amines) is 2. The van der Waals surface area contributed by atoms with Crippen LogP contribution in [-0.4, -0.2) is 179 Å². The Balaban J connectivity index is 0.718. The number of H-pyrrole nitrogens is 1. The first-order chi connectivity index (χ1) is 35.4. The number of pyridine rings is 1. The maximum absolute atomic E-state index is 15.1. The first-order valence-electron chi connectivity index (χ1n) is 25.8. The third kappa shape index (κ3) is 12.5. The molecule has 0 bridgehead atoms. The van der Waals surface area contributed by atoms with Crippen molar-refractivity contribution in [1.82, 2.24) is 49.9 Å². The number of piperidine rings is 2. The minimum atomic E-state index is -0.612. The molecule has 0 radical (unpaired) electrons. The van der Waals surface area contributed by atoms with E-state index < -0.39 is 11.7 Å². The van der Waals surface area contributed by atoms with Crippen molar-refractivity contribution >= 4 is 46.0 Å². The molecule has 9 rings (SSSR count). The number of carbonyl (C=O) groups is 5. The Labute approximate surface area is 425 Å². The van der Waals surface area contributed by atoms with E-state index in [-0.39, 0.29) is 52.9 Å². The van der Waals surface area contributed by atoms with Crippen LogP contribution in [0.5, 0.6) is 0 Å². The summed E-state index contributed by atoms with van der Waals surface area (Å²) in [5.41, 5.74) is 4.53. The van der Waals surface area contributed by atoms with Crippen molar-refractivity contribution in [2.75, 3.05) is 111 Å². The number of hydrogen-bond donors (Lipinski definition) is 3. The standard InChI is InChI=1S/C55H66FN11O6/c1-3-37-7-6-8-41(27-37)42-30-48(59-49(68)33-57-31-40-12-14-50(69)62(2)34-40)52(58-32-42)55(73)67-21-19-64(20-22-67)35-38-15-17-63(18-16-38)36-51(70)65-23-25-66(26-24-65)54(72)45-28-39(11-13-46(45)56)29-47-43-9-4-5-10-44(43)53(71)61-60-47/h4-11,13,27-28,30,32,38,40,57H,3,12,14-26,29,31,33-36H2,1-2H3,(H,59,68)(H,61,71)/t40-/m0/s1. The van der Waals surface area contributed by atoms with E-state index in [1.54, 1.807) is 52.2 Å². The molecule has 3 aromatic carbocycles. The zero-order chi connectivity index (χ0) is 51.0. The summed E-state index contributed by atoms with van der Waals surface area (Å²) in [6.45, 7) is 10.1. The lowest BCUT2D eigenvalue weighted by Crippen LogP contribution is -2.53. The van der Waals surface area contributed by atoms with E-state index in [0.717, 1.165) is 69.5 Å². The van der Waals surface area contributed by atoms with Crippen molar-refractivity contribution < 1.29 is 28.4 Å². The van der Waals surface area contributed by atoms with Crippen LogP contribution in [0.2, 0.25) is 0 Å². The average Bonchev–Trinajstić information content (AvgIpc) is 3.41. The third-order valence-electron chi connectivity index (χ3n) is 15.0. The Hall–Kier alpha value is -6.89. The van der Waals surface area contributed by atoms with E-state index in [2.05, 4.69) is 54.7 Å². The molecule has 0 aliphatic carbocycles. The predicted octanol–water partition coefficient (Wildman–Crippen LogP) is 4.13. The summed E-state index contributed by atoms with van der Waals surface area (Å²) in [5.74, 6) is -0.620. The van der Waals surface area contributed by atoms with Gasteiger partial charge < -0.3 is 30.2 Å². The van der Waals surface area contributed by atoms with E-state index in [4.69, 9.17) is 0 Å². The number of nitrogens with zero attached hydrogens (tertiary/aromatic N) is 8. The Bertz CT molecular complexity index is 2890. The van der Waals surface area contributed by atoms with E-state index in [9.17, 15) is 28.8 Å². The van der Waals surface area contributed by atoms with Crippen molar-refractivity contribution in [3.05, 3.63) is 123 Å². The van der Waals surface area contributed by atoms with Gasteiger partial charge in [0.25, 0.3) is 17.4 Å². The fraction of sp³-hybridized carbons (Fsp3) is 0.455. The molecule has 0 saturated carbocycles. The van der Waals surface area contributed by atoms with Crippen molar-refractivity contribution in [2.45, 2.75) is 45.4 Å². The van der Waals surface area contributed by atoms with Gasteiger partial charge in [0.15, 0.2) is 5.69 Å². The van der Waals surface area contributed by atoms with Crippen LogP contribution >= 0.6 is 0 Å². The fourth-order valence-electron chi connectivity index (χ4n) is 10.7. The van der Waals surface area contributed by atoms with Gasteiger partial charge in [0, 0.05) is 109 Å². The van der Waals surface area contributed by atoms with Crippen molar-refractivity contribution in [3.63, 3.8) is 0 Å². The van der Waals surface area contributed by atoms with Gasteiger partial charge in [0.2, 0.25) is 17.7 Å². The van der Waals surface area contributed by atoms with Crippen molar-refractivity contribution in [1.29, 1.82) is 0 Å². The number of piperazine rings is 2. The molecule has 17 nitrogen and oxygen atoms in total. The summed E-state index contributed by atoms with van der Waals surface area (Å²) in [4.78, 5) is 95.1. The van der Waals surface area contributed by atoms with Gasteiger partial charge in [-0.15, -0.1) is 0 Å². The Kier molecular flexibility index (Phi) is 16.3. The lowest BCUT2D eigenvalue weighted by atomic mass is 9.96. The minimum absolute atomic E-state index is 0.0249. The second-order valence-electron chi connectivity index (χ2n) is 20.1. The molecule has 4 saturated heterocycles. The maximum Gasteiger partial charge on any atom is 0.274 e. The van der Waals surface area contributed by atoms with Gasteiger partial charge in [-0.1, -0.05) is 55.5 Å². The van der Waals surface area contributed by atoms with E-state index in [0.29, 0.717) is 105 Å². The van der Waals surface area contributed by atoms with Crippen LogP contribution in [0.3, 0.4) is 0 Å². The molecule has 1 atom stereocenters. The van der Waals surface area contributed by atoms with Gasteiger partial charge in [-0.3, -0.25) is 38.6 Å². The Morgan fingerprint density at radius 3 is 2.22 bits per heavy atom. The lowest BCUT2D eigenvalue weighted by molar-refractivity contribution is -0.134. The number of rotatable bonds is 15. The number of nitrogens with one attached hydrogen (secondary N) is 3. The van der Waals surface area contributed by atoms with Gasteiger partial charge >= 0.3 is 0 Å². The van der Waals surface area contributed by atoms with E-state index in [1.165, 1.54) is 11.6 Å². The topological polar surface area (TPSA) is 187 Å². The van der Waals surface area contributed by atoms with Gasteiger partial charge in [0.1, 0.15) is 5.82 Å². The first-order valence-corrected chi connectivity index (χ1v) is 25.8. The van der Waals surface area contributed by atoms with E-state index >= 15 is 4.39 Å². The summed E-state index contributed by atoms with van der Waals surface area (Å²) < 4.78 is 15.1. The van der Waals surface area contributed by atoms with Crippen LogP contribution in [0.1, 0.15) is 70.3 Å². The van der Waals surface area contributed by atoms with Crippen LogP contribution in [-0.2, 0) is 27.2 Å². The van der Waals surface area contributed by atoms with Gasteiger partial charge in [0.05, 0.1) is 35.4 Å². The molecule has 6 heterocycles. The van der Waals surface area contributed by atoms with Crippen LogP contribution in [0.4, 0.5) is 10.1 Å². The quantitative estimate of drug-likeness (QED) is 0.137. The second-order valence-corrected chi connectivity index (χ2v) is 20.1. The monoisotopic (exact) mass is 996 g/mol. The number of aryl methyl sites for hydroxylation is 1. The third-order valence-corrected chi connectivity index (χ3v) is 15.0. The molecule has 18 heteroatoms. The van der Waals surface area contributed by atoms with E-state index in [1.807, 2.05) is 35.2 Å². The Morgan fingerprint density at radius 1 is 0.740 bits per heavy atom. The molecule has 5 amide bonds. The van der Waals surface area contributed by atoms with Crippen LogP contribution in [0.25, 0.3) is 21.9 Å². The molecule has 2 aromatic heterocycles. The van der Waals surface area contributed by atoms with Gasteiger partial charge in [-0.05, 0) is 91.6 Å². The predicted molar refractivity (Wildman–Crippen MR) is 276 cm³/mol. The highest BCUT2D eigenvalue weighted by Gasteiger charge is 2.31. The van der Waals surface area contributed by atoms with Gasteiger partial charge in [-0.25, -0.2) is 14.5 Å². The number of aromatic amines is 1. The number of aromatic nitrogens is 3. The lowest BCUT2D eigenvalue weighted by Gasteiger charge is -2.39. The molecule has 0 spiro atoms. The summed E-state index contributed by atoms with van der Waals surface area (Å²) in [6.07, 6.45) is 6.10. The highest BCUT2D eigenvalue weighted by molar-refractivity contribution is 6.03. The highest BCUT2D eigenvalue weighted by Crippen LogP contribution is 2.28. The molecule has 3 N–H and O–H groups in total. The summed E-state index contributed by atoms with van der Waals surface area (Å²) in [7, 11) is 1.81. The molecule has 5 aromatic rings. The second kappa shape index (κ2) is 23.3. The summed E-state index contributed by atoms with van der Waals surface area (Å²) in [6, 6.07) is 21.6. The number of carbonyl (C=O) groups excluding carboxylic acids is 5. The molecule has 0 unspecified atom stereocenters. The average molecular weight is 996 g/mol. The zero-order valence-electron chi connectivity index (χ0n) is 41.9. The number of halogens is 1. The molecule has 4 aliphatic heterocycles. The smallest absolute Gasteiger partial charge is 0.274 e. The van der Waals surface area contributed by atoms with Crippen molar-refractivity contribution in [3.8, 4) is 11.1 Å². The van der Waals surface area contributed by atoms with Gasteiger partial charge in [-0.2, -0.15) is 5.10 Å². The number of amides is 5. The largest absolute Gasteiger partial charge is 0.345 e. The Morgan fingerprint density at radius 2 is 1.47 bits per heavy atom. The molecule has 384 valence electrons. The molecular formula is C55H66FN11O6. The zero-order valence-corrected chi connectivity index (χ0v) is 41.9. The number of hydrogen-bond acceptors (Lipinski definition) is 11. The van der Waals surface area contributed by atoms with Crippen LogP contribution < -0.4 is 16.2 Å². The number of anilines is 1. The highest BCUT2D eigenvalue weighted by atomic mass is 19.1. The summed E-state index contributed by atoms with van der Waals surface area (Å²) in [5, 5.41) is 14.2. The fourth-order valence-corrected chi connectivity index (χ4v) is 10.7. The summed E-state index contributed by atoms with van der Waals surface area (Å²) >= 11 is 0. The SMILES string of the molecule is CCc1cccc(-c2cnc(C(=O)N3CCN(CC4CCN(CC(=O)N5CCN(C(=O)c6cc(Cc7n[nH]c(=O)c8ccccc78)ccc6F)CC5)CC4)CC3)c(NC(=O)CNC[C@@H]3CCC(=O)N(C)C3)c2)c1.